The van der Waals surface area contributed by atoms with Crippen molar-refractivity contribution in [3.63, 3.8) is 0 Å². The van der Waals surface area contributed by atoms with Gasteiger partial charge in [-0.25, -0.2) is 0 Å². The molecule has 2 fully saturated rings. The molecular formula is C8H13F3N2. The molecule has 0 spiro atoms. The maximum atomic E-state index is 12.4. The first-order valence-corrected chi connectivity index (χ1v) is 4.53. The summed E-state index contributed by atoms with van der Waals surface area (Å²) in [6, 6.07) is -1.42. The van der Waals surface area contributed by atoms with Crippen LogP contribution in [0.3, 0.4) is 0 Å². The fraction of sp³-hybridized carbons (Fsp3) is 1.00. The highest BCUT2D eigenvalue weighted by atomic mass is 19.4. The predicted molar refractivity (Wildman–Crippen MR) is 42.1 cm³/mol. The van der Waals surface area contributed by atoms with Gasteiger partial charge in [0.05, 0.1) is 0 Å². The molecule has 0 aromatic carbocycles. The van der Waals surface area contributed by atoms with E-state index < -0.39 is 12.2 Å². The van der Waals surface area contributed by atoms with Crippen LogP contribution in [0.4, 0.5) is 13.2 Å². The maximum Gasteiger partial charge on any atom is 0.405 e. The number of nitrogens with zero attached hydrogens (tertiary/aromatic N) is 1. The number of piperidine rings is 1. The van der Waals surface area contributed by atoms with E-state index in [-0.39, 0.29) is 6.54 Å². The van der Waals surface area contributed by atoms with Crippen LogP contribution in [0.1, 0.15) is 6.42 Å². The molecule has 76 valence electrons. The van der Waals surface area contributed by atoms with Crippen LogP contribution in [0.15, 0.2) is 0 Å². The number of hydrogen-bond donors (Lipinski definition) is 1. The van der Waals surface area contributed by atoms with Gasteiger partial charge in [0.1, 0.15) is 6.04 Å². The molecule has 0 bridgehead atoms. The van der Waals surface area contributed by atoms with Crippen molar-refractivity contribution in [2.45, 2.75) is 18.6 Å². The van der Waals surface area contributed by atoms with Gasteiger partial charge < -0.3 is 5.73 Å². The van der Waals surface area contributed by atoms with Crippen LogP contribution in [-0.4, -0.2) is 36.8 Å². The molecule has 0 aromatic rings. The van der Waals surface area contributed by atoms with Crippen molar-refractivity contribution >= 4 is 0 Å². The Morgan fingerprint density at radius 2 is 1.85 bits per heavy atom. The van der Waals surface area contributed by atoms with Crippen molar-refractivity contribution in [2.75, 3.05) is 19.6 Å². The van der Waals surface area contributed by atoms with Crippen LogP contribution in [0.5, 0.6) is 0 Å². The summed E-state index contributed by atoms with van der Waals surface area (Å²) in [7, 11) is 0. The standard InChI is InChI=1S/C8H13F3N2/c9-8(10,11)7(2-12)13-3-5-1-6(5)4-13/h5-7H,1-4,12H2. The lowest BCUT2D eigenvalue weighted by molar-refractivity contribution is -0.179. The maximum absolute atomic E-state index is 12.4. The van der Waals surface area contributed by atoms with Crippen molar-refractivity contribution in [3.8, 4) is 0 Å². The minimum Gasteiger partial charge on any atom is -0.329 e. The minimum absolute atomic E-state index is 0.317. The summed E-state index contributed by atoms with van der Waals surface area (Å²) >= 11 is 0. The zero-order chi connectivity index (χ0) is 9.64. The third kappa shape index (κ3) is 1.67. The van der Waals surface area contributed by atoms with E-state index >= 15 is 0 Å². The Kier molecular flexibility index (Phi) is 2.03. The average Bonchev–Trinajstić information content (AvgIpc) is 2.58. The monoisotopic (exact) mass is 194 g/mol. The number of alkyl halides is 3. The Morgan fingerprint density at radius 1 is 1.31 bits per heavy atom. The largest absolute Gasteiger partial charge is 0.405 e. The second-order valence-corrected chi connectivity index (χ2v) is 4.00. The molecule has 1 aliphatic heterocycles. The number of halogens is 3. The van der Waals surface area contributed by atoms with E-state index in [2.05, 4.69) is 0 Å². The molecule has 3 atom stereocenters. The van der Waals surface area contributed by atoms with Gasteiger partial charge in [-0.3, -0.25) is 4.90 Å². The number of likely N-dealkylation sites (tertiary alicyclic amines) is 1. The Balaban J connectivity index is 1.97. The van der Waals surface area contributed by atoms with Gasteiger partial charge in [0.25, 0.3) is 0 Å². The summed E-state index contributed by atoms with van der Waals surface area (Å²) in [5, 5.41) is 0. The van der Waals surface area contributed by atoms with Gasteiger partial charge in [-0.2, -0.15) is 13.2 Å². The number of nitrogens with two attached hydrogens (primary N) is 1. The van der Waals surface area contributed by atoms with E-state index in [1.165, 1.54) is 4.90 Å². The Bertz CT molecular complexity index is 194. The zero-order valence-electron chi connectivity index (χ0n) is 7.22. The van der Waals surface area contributed by atoms with Crippen LogP contribution >= 0.6 is 0 Å². The van der Waals surface area contributed by atoms with E-state index in [1.54, 1.807) is 0 Å². The minimum atomic E-state index is -4.16. The quantitative estimate of drug-likeness (QED) is 0.705. The van der Waals surface area contributed by atoms with Crippen LogP contribution in [0.25, 0.3) is 0 Å². The second kappa shape index (κ2) is 2.85. The fourth-order valence-corrected chi connectivity index (χ4v) is 2.18. The summed E-state index contributed by atoms with van der Waals surface area (Å²) < 4.78 is 37.2. The number of rotatable bonds is 2. The molecule has 2 N–H and O–H groups in total. The van der Waals surface area contributed by atoms with Crippen LogP contribution in [0.2, 0.25) is 0 Å². The lowest BCUT2D eigenvalue weighted by Crippen LogP contribution is -2.49. The molecule has 13 heavy (non-hydrogen) atoms. The SMILES string of the molecule is NCC(N1CC2CC2C1)C(F)(F)F. The van der Waals surface area contributed by atoms with Gasteiger partial charge in [0.2, 0.25) is 0 Å². The molecule has 0 aromatic heterocycles. The normalized spacial score (nSPS) is 36.0. The molecule has 5 heteroatoms. The van der Waals surface area contributed by atoms with E-state index in [0.29, 0.717) is 24.9 Å². The lowest BCUT2D eigenvalue weighted by atomic mass is 10.2. The highest BCUT2D eigenvalue weighted by molar-refractivity contribution is 5.00. The van der Waals surface area contributed by atoms with Crippen LogP contribution < -0.4 is 5.73 Å². The zero-order valence-corrected chi connectivity index (χ0v) is 7.22. The van der Waals surface area contributed by atoms with Gasteiger partial charge in [-0.15, -0.1) is 0 Å². The fourth-order valence-electron chi connectivity index (χ4n) is 2.18. The summed E-state index contributed by atoms with van der Waals surface area (Å²) in [6.07, 6.45) is -3.04. The molecule has 1 saturated heterocycles. The van der Waals surface area contributed by atoms with Gasteiger partial charge in [-0.1, -0.05) is 0 Å². The van der Waals surface area contributed by atoms with Gasteiger partial charge >= 0.3 is 6.18 Å². The Hall–Kier alpha value is -0.290. The predicted octanol–water partition coefficient (Wildman–Crippen LogP) is 0.828. The Morgan fingerprint density at radius 3 is 2.23 bits per heavy atom. The van der Waals surface area contributed by atoms with Gasteiger partial charge in [0.15, 0.2) is 0 Å². The van der Waals surface area contributed by atoms with Gasteiger partial charge in [-0.05, 0) is 18.3 Å². The first-order valence-electron chi connectivity index (χ1n) is 4.53. The molecule has 0 amide bonds. The highest BCUT2D eigenvalue weighted by Gasteiger charge is 2.52. The lowest BCUT2D eigenvalue weighted by Gasteiger charge is -2.29. The topological polar surface area (TPSA) is 29.3 Å². The number of fused-ring (bicyclic) bond motifs is 1. The van der Waals surface area contributed by atoms with E-state index in [0.717, 1.165) is 6.42 Å². The third-order valence-corrected chi connectivity index (χ3v) is 3.05. The molecule has 2 nitrogen and oxygen atoms in total. The van der Waals surface area contributed by atoms with Crippen molar-refractivity contribution < 1.29 is 13.2 Å². The van der Waals surface area contributed by atoms with Gasteiger partial charge in [0, 0.05) is 19.6 Å². The van der Waals surface area contributed by atoms with Crippen molar-refractivity contribution in [2.24, 2.45) is 17.6 Å². The molecule has 0 radical (unpaired) electrons. The summed E-state index contributed by atoms with van der Waals surface area (Å²) in [5.74, 6) is 1.05. The van der Waals surface area contributed by atoms with Crippen molar-refractivity contribution in [1.82, 2.24) is 4.90 Å². The van der Waals surface area contributed by atoms with E-state index in [1.807, 2.05) is 0 Å². The molecule has 2 rings (SSSR count). The molecule has 1 saturated carbocycles. The third-order valence-electron chi connectivity index (χ3n) is 3.05. The highest BCUT2D eigenvalue weighted by Crippen LogP contribution is 2.46. The molecule has 3 unspecified atom stereocenters. The van der Waals surface area contributed by atoms with E-state index in [4.69, 9.17) is 5.73 Å². The summed E-state index contributed by atoms with van der Waals surface area (Å²) in [4.78, 5) is 1.48. The number of hydrogen-bond acceptors (Lipinski definition) is 2. The molecule has 1 aliphatic carbocycles. The van der Waals surface area contributed by atoms with Crippen molar-refractivity contribution in [3.05, 3.63) is 0 Å². The average molecular weight is 194 g/mol. The Labute approximate surface area is 74.9 Å². The summed E-state index contributed by atoms with van der Waals surface area (Å²) in [6.45, 7) is 0.862. The molecule has 1 heterocycles. The first kappa shape index (κ1) is 9.27. The summed E-state index contributed by atoms with van der Waals surface area (Å²) in [5.41, 5.74) is 5.14. The smallest absolute Gasteiger partial charge is 0.329 e. The first-order chi connectivity index (χ1) is 6.02. The van der Waals surface area contributed by atoms with E-state index in [9.17, 15) is 13.2 Å². The molecular weight excluding hydrogens is 181 g/mol. The van der Waals surface area contributed by atoms with Crippen molar-refractivity contribution in [1.29, 1.82) is 0 Å². The van der Waals surface area contributed by atoms with Crippen LogP contribution in [0, 0.1) is 11.8 Å². The molecule has 2 aliphatic rings. The van der Waals surface area contributed by atoms with Crippen LogP contribution in [-0.2, 0) is 0 Å². The second-order valence-electron chi connectivity index (χ2n) is 4.00.